The van der Waals surface area contributed by atoms with E-state index in [4.69, 9.17) is 9.47 Å². The van der Waals surface area contributed by atoms with Crippen LogP contribution in [0.4, 0.5) is 10.5 Å². The topological polar surface area (TPSA) is 63.7 Å². The number of hydrogen-bond acceptors (Lipinski definition) is 4. The summed E-state index contributed by atoms with van der Waals surface area (Å²) in [4.78, 5) is 18.5. The van der Waals surface area contributed by atoms with Crippen molar-refractivity contribution in [1.29, 1.82) is 0 Å². The van der Waals surface area contributed by atoms with E-state index < -0.39 is 0 Å². The summed E-state index contributed by atoms with van der Waals surface area (Å²) in [5, 5.41) is 2.97. The van der Waals surface area contributed by atoms with E-state index in [1.807, 2.05) is 41.3 Å². The zero-order valence-electron chi connectivity index (χ0n) is 14.1. The molecule has 3 aliphatic rings. The molecule has 1 aromatic carbocycles. The van der Waals surface area contributed by atoms with Crippen LogP contribution in [0.5, 0.6) is 11.5 Å². The fourth-order valence-electron chi connectivity index (χ4n) is 4.05. The van der Waals surface area contributed by atoms with Crippen molar-refractivity contribution in [3.8, 4) is 11.5 Å². The molecule has 4 heterocycles. The molecule has 2 fully saturated rings. The molecule has 2 bridgehead atoms. The van der Waals surface area contributed by atoms with Crippen LogP contribution in [0.25, 0.3) is 0 Å². The average Bonchev–Trinajstić information content (AvgIpc) is 3.37. The molecule has 132 valence electrons. The third-order valence-electron chi connectivity index (χ3n) is 5.32. The molecule has 1 aromatic heterocycles. The number of carbonyl (C=O) groups is 1. The monoisotopic (exact) mass is 349 g/mol. The molecular weight excluding hydrogens is 330 g/mol. The second-order valence-electron chi connectivity index (χ2n) is 6.93. The zero-order chi connectivity index (χ0) is 17.5. The maximum Gasteiger partial charge on any atom is 0.321 e. The molecule has 1 N–H and O–H groups in total. The van der Waals surface area contributed by atoms with Crippen LogP contribution in [0.1, 0.15) is 0 Å². The highest BCUT2D eigenvalue weighted by molar-refractivity contribution is 5.89. The molecule has 0 spiro atoms. The lowest BCUT2D eigenvalue weighted by atomic mass is 9.86. The number of fused-ring (bicyclic) bond motifs is 5. The van der Waals surface area contributed by atoms with Crippen molar-refractivity contribution in [3.63, 3.8) is 0 Å². The van der Waals surface area contributed by atoms with Crippen molar-refractivity contribution >= 4 is 11.7 Å². The number of benzene rings is 1. The Labute approximate surface area is 151 Å². The van der Waals surface area contributed by atoms with E-state index in [-0.39, 0.29) is 18.2 Å². The predicted octanol–water partition coefficient (Wildman–Crippen LogP) is 3.29. The van der Waals surface area contributed by atoms with E-state index in [1.54, 1.807) is 12.4 Å². The number of aromatic nitrogens is 1. The molecule has 6 heteroatoms. The smallest absolute Gasteiger partial charge is 0.321 e. The van der Waals surface area contributed by atoms with Crippen molar-refractivity contribution in [1.82, 2.24) is 9.88 Å². The number of pyridine rings is 1. The standard InChI is InChI=1S/C20H19N3O3/c24-20(23-11-16-17(12-23)19-8-7-18(16)26-19)22-13-3-5-14(6-4-13)25-15-2-1-9-21-10-15/h1-10,16-19H,11-12H2,(H,22,24). The van der Waals surface area contributed by atoms with E-state index in [0.717, 1.165) is 18.8 Å². The Morgan fingerprint density at radius 3 is 2.46 bits per heavy atom. The molecule has 5 rings (SSSR count). The Morgan fingerprint density at radius 2 is 1.81 bits per heavy atom. The molecule has 0 aliphatic carbocycles. The van der Waals surface area contributed by atoms with Crippen LogP contribution in [0.2, 0.25) is 0 Å². The van der Waals surface area contributed by atoms with Gasteiger partial charge in [0, 0.05) is 36.8 Å². The van der Waals surface area contributed by atoms with Crippen molar-refractivity contribution in [3.05, 3.63) is 60.9 Å². The van der Waals surface area contributed by atoms with Crippen LogP contribution >= 0.6 is 0 Å². The maximum absolute atomic E-state index is 12.6. The normalized spacial score (nSPS) is 28.2. The van der Waals surface area contributed by atoms with E-state index in [0.29, 0.717) is 23.3 Å². The number of nitrogens with one attached hydrogen (secondary N) is 1. The molecular formula is C20H19N3O3. The molecule has 3 aliphatic heterocycles. The Morgan fingerprint density at radius 1 is 1.08 bits per heavy atom. The highest BCUT2D eigenvalue weighted by Gasteiger charge is 2.51. The molecule has 6 nitrogen and oxygen atoms in total. The minimum absolute atomic E-state index is 0.0558. The summed E-state index contributed by atoms with van der Waals surface area (Å²) in [7, 11) is 0. The second-order valence-corrected chi connectivity index (χ2v) is 6.93. The van der Waals surface area contributed by atoms with Crippen molar-refractivity contribution in [2.24, 2.45) is 11.8 Å². The van der Waals surface area contributed by atoms with Gasteiger partial charge in [0.1, 0.15) is 11.5 Å². The summed E-state index contributed by atoms with van der Waals surface area (Å²) >= 11 is 0. The summed E-state index contributed by atoms with van der Waals surface area (Å²) in [6.07, 6.45) is 8.00. The summed E-state index contributed by atoms with van der Waals surface area (Å²) in [5.74, 6) is 2.25. The maximum atomic E-state index is 12.6. The van der Waals surface area contributed by atoms with Gasteiger partial charge in [0.25, 0.3) is 0 Å². The van der Waals surface area contributed by atoms with Gasteiger partial charge in [-0.15, -0.1) is 0 Å². The van der Waals surface area contributed by atoms with Gasteiger partial charge < -0.3 is 19.7 Å². The van der Waals surface area contributed by atoms with E-state index >= 15 is 0 Å². The summed E-state index contributed by atoms with van der Waals surface area (Å²) < 4.78 is 11.6. The molecule has 26 heavy (non-hydrogen) atoms. The highest BCUT2D eigenvalue weighted by atomic mass is 16.5. The summed E-state index contributed by atoms with van der Waals surface area (Å²) in [5.41, 5.74) is 0.753. The fourth-order valence-corrected chi connectivity index (χ4v) is 4.05. The van der Waals surface area contributed by atoms with E-state index in [1.165, 1.54) is 0 Å². The van der Waals surface area contributed by atoms with Crippen LogP contribution < -0.4 is 10.1 Å². The van der Waals surface area contributed by atoms with Crippen LogP contribution in [-0.4, -0.2) is 41.2 Å². The average molecular weight is 349 g/mol. The Hall–Kier alpha value is -2.86. The van der Waals surface area contributed by atoms with Crippen molar-refractivity contribution < 1.29 is 14.3 Å². The second kappa shape index (κ2) is 6.14. The number of carbonyl (C=O) groups excluding carboxylic acids is 1. The molecule has 2 saturated heterocycles. The lowest BCUT2D eigenvalue weighted by molar-refractivity contribution is 0.0892. The SMILES string of the molecule is O=C(Nc1ccc(Oc2cccnc2)cc1)N1CC2C3C=CC(O3)C2C1. The van der Waals surface area contributed by atoms with Gasteiger partial charge in [-0.2, -0.15) is 0 Å². The van der Waals surface area contributed by atoms with Crippen LogP contribution in [0.15, 0.2) is 60.9 Å². The van der Waals surface area contributed by atoms with Gasteiger partial charge >= 0.3 is 6.03 Å². The van der Waals surface area contributed by atoms with E-state index in [9.17, 15) is 4.79 Å². The van der Waals surface area contributed by atoms with Gasteiger partial charge in [0.15, 0.2) is 0 Å². The van der Waals surface area contributed by atoms with Crippen molar-refractivity contribution in [2.45, 2.75) is 12.2 Å². The first-order valence-electron chi connectivity index (χ1n) is 8.84. The fraction of sp³-hybridized carbons (Fsp3) is 0.300. The minimum atomic E-state index is -0.0558. The molecule has 2 aromatic rings. The summed E-state index contributed by atoms with van der Waals surface area (Å²) in [6.45, 7) is 1.51. The molecule has 0 radical (unpaired) electrons. The quantitative estimate of drug-likeness (QED) is 0.864. The van der Waals surface area contributed by atoms with Gasteiger partial charge in [-0.05, 0) is 36.4 Å². The number of amides is 2. The first-order chi connectivity index (χ1) is 12.8. The summed E-state index contributed by atoms with van der Waals surface area (Å²) in [6, 6.07) is 11.0. The van der Waals surface area contributed by atoms with Gasteiger partial charge in [0.2, 0.25) is 0 Å². The van der Waals surface area contributed by atoms with Crippen LogP contribution in [-0.2, 0) is 4.74 Å². The molecule has 2 amide bonds. The van der Waals surface area contributed by atoms with Gasteiger partial charge in [-0.3, -0.25) is 4.98 Å². The van der Waals surface area contributed by atoms with Crippen molar-refractivity contribution in [2.75, 3.05) is 18.4 Å². The van der Waals surface area contributed by atoms with Crippen LogP contribution in [0, 0.1) is 11.8 Å². The van der Waals surface area contributed by atoms with Gasteiger partial charge in [0.05, 0.1) is 18.4 Å². The van der Waals surface area contributed by atoms with Gasteiger partial charge in [-0.1, -0.05) is 12.2 Å². The molecule has 4 atom stereocenters. The third kappa shape index (κ3) is 2.72. The Kier molecular flexibility index (Phi) is 3.64. The Balaban J connectivity index is 1.20. The van der Waals surface area contributed by atoms with Crippen LogP contribution in [0.3, 0.4) is 0 Å². The molecule has 4 unspecified atom stereocenters. The molecule has 0 saturated carbocycles. The lowest BCUT2D eigenvalue weighted by Gasteiger charge is -2.19. The number of anilines is 1. The number of ether oxygens (including phenoxy) is 2. The zero-order valence-corrected chi connectivity index (χ0v) is 14.1. The number of rotatable bonds is 3. The largest absolute Gasteiger partial charge is 0.456 e. The minimum Gasteiger partial charge on any atom is -0.456 e. The van der Waals surface area contributed by atoms with E-state index in [2.05, 4.69) is 22.5 Å². The number of likely N-dealkylation sites (tertiary alicyclic amines) is 1. The number of hydrogen-bond donors (Lipinski definition) is 1. The predicted molar refractivity (Wildman–Crippen MR) is 96.1 cm³/mol. The lowest BCUT2D eigenvalue weighted by Crippen LogP contribution is -2.35. The Bertz CT molecular complexity index is 817. The third-order valence-corrected chi connectivity index (χ3v) is 5.32. The van der Waals surface area contributed by atoms with Gasteiger partial charge in [-0.25, -0.2) is 4.79 Å². The highest BCUT2D eigenvalue weighted by Crippen LogP contribution is 2.43. The number of nitrogens with zero attached hydrogens (tertiary/aromatic N) is 2. The first kappa shape index (κ1) is 15.4. The first-order valence-corrected chi connectivity index (χ1v) is 8.84. The number of urea groups is 1.